The molecule has 1 aromatic rings. The number of hydrogen-bond acceptors (Lipinski definition) is 3. The average molecular weight is 269 g/mol. The Labute approximate surface area is 110 Å². The zero-order valence-corrected chi connectivity index (χ0v) is 10.8. The lowest BCUT2D eigenvalue weighted by atomic mass is 10.3. The van der Waals surface area contributed by atoms with Gasteiger partial charge in [-0.15, -0.1) is 0 Å². The number of carbonyl (C=O) groups is 2. The van der Waals surface area contributed by atoms with Crippen molar-refractivity contribution < 1.29 is 23.8 Å². The van der Waals surface area contributed by atoms with Gasteiger partial charge in [0.05, 0.1) is 0 Å². The summed E-state index contributed by atoms with van der Waals surface area (Å²) in [6, 6.07) is 5.73. The minimum Gasteiger partial charge on any atom is -0.480 e. The van der Waals surface area contributed by atoms with Crippen LogP contribution in [0.1, 0.15) is 13.8 Å². The Kier molecular flexibility index (Phi) is 5.29. The first-order valence-corrected chi connectivity index (χ1v) is 5.87. The average Bonchev–Trinajstić information content (AvgIpc) is 2.37. The van der Waals surface area contributed by atoms with Crippen LogP contribution >= 0.6 is 0 Å². The Hall–Kier alpha value is -2.11. The van der Waals surface area contributed by atoms with E-state index in [0.717, 1.165) is 4.90 Å². The predicted octanol–water partition coefficient (Wildman–Crippen LogP) is 1.53. The number of ether oxygens (including phenoxy) is 1. The molecule has 0 heterocycles. The van der Waals surface area contributed by atoms with Gasteiger partial charge in [-0.25, -0.2) is 4.39 Å². The summed E-state index contributed by atoms with van der Waals surface area (Å²) < 4.78 is 18.6. The first-order chi connectivity index (χ1) is 8.95. The van der Waals surface area contributed by atoms with E-state index in [9.17, 15) is 14.0 Å². The Morgan fingerprint density at radius 3 is 2.58 bits per heavy atom. The van der Waals surface area contributed by atoms with Crippen molar-refractivity contribution in [1.29, 1.82) is 0 Å². The van der Waals surface area contributed by atoms with E-state index < -0.39 is 30.3 Å². The number of carboxylic acids is 1. The quantitative estimate of drug-likeness (QED) is 0.850. The number of carbonyl (C=O) groups excluding carboxylic acids is 1. The van der Waals surface area contributed by atoms with E-state index in [1.54, 1.807) is 13.0 Å². The van der Waals surface area contributed by atoms with E-state index in [0.29, 0.717) is 0 Å². The number of likely N-dealkylation sites (N-methyl/N-ethyl adjacent to an activating group) is 1. The number of halogens is 1. The van der Waals surface area contributed by atoms with Gasteiger partial charge in [0.1, 0.15) is 6.54 Å². The van der Waals surface area contributed by atoms with Crippen LogP contribution in [0.4, 0.5) is 4.39 Å². The van der Waals surface area contributed by atoms with E-state index >= 15 is 0 Å². The molecule has 0 spiro atoms. The van der Waals surface area contributed by atoms with Crippen molar-refractivity contribution in [3.63, 3.8) is 0 Å². The number of rotatable bonds is 6. The third kappa shape index (κ3) is 4.24. The van der Waals surface area contributed by atoms with Crippen molar-refractivity contribution in [2.24, 2.45) is 0 Å². The second-order valence-corrected chi connectivity index (χ2v) is 3.94. The number of carboxylic acid groups (broad SMARTS) is 1. The topological polar surface area (TPSA) is 66.8 Å². The highest BCUT2D eigenvalue weighted by Gasteiger charge is 2.23. The number of benzene rings is 1. The van der Waals surface area contributed by atoms with Gasteiger partial charge in [-0.1, -0.05) is 12.1 Å². The van der Waals surface area contributed by atoms with Gasteiger partial charge in [0.25, 0.3) is 5.91 Å². The van der Waals surface area contributed by atoms with E-state index in [-0.39, 0.29) is 12.3 Å². The van der Waals surface area contributed by atoms with Gasteiger partial charge in [-0.05, 0) is 26.0 Å². The molecular weight excluding hydrogens is 253 g/mol. The minimum atomic E-state index is -1.10. The van der Waals surface area contributed by atoms with Crippen LogP contribution in [0.25, 0.3) is 0 Å². The fourth-order valence-corrected chi connectivity index (χ4v) is 1.55. The largest absolute Gasteiger partial charge is 0.480 e. The van der Waals surface area contributed by atoms with Crippen LogP contribution in [-0.4, -0.2) is 41.1 Å². The van der Waals surface area contributed by atoms with Crippen molar-refractivity contribution in [2.75, 3.05) is 13.1 Å². The van der Waals surface area contributed by atoms with Gasteiger partial charge in [-0.3, -0.25) is 9.59 Å². The summed E-state index contributed by atoms with van der Waals surface area (Å²) >= 11 is 0. The summed E-state index contributed by atoms with van der Waals surface area (Å²) in [7, 11) is 0. The van der Waals surface area contributed by atoms with Crippen molar-refractivity contribution in [1.82, 2.24) is 4.90 Å². The highest BCUT2D eigenvalue weighted by molar-refractivity contribution is 5.84. The van der Waals surface area contributed by atoms with Crippen molar-refractivity contribution in [3.8, 4) is 5.75 Å². The molecule has 1 atom stereocenters. The fraction of sp³-hybridized carbons (Fsp3) is 0.385. The van der Waals surface area contributed by atoms with Crippen LogP contribution < -0.4 is 4.74 Å². The van der Waals surface area contributed by atoms with Gasteiger partial charge in [0.2, 0.25) is 0 Å². The third-order valence-electron chi connectivity index (χ3n) is 2.51. The van der Waals surface area contributed by atoms with Crippen molar-refractivity contribution in [2.45, 2.75) is 20.0 Å². The van der Waals surface area contributed by atoms with Crippen molar-refractivity contribution >= 4 is 11.9 Å². The summed E-state index contributed by atoms with van der Waals surface area (Å²) in [5.74, 6) is -2.19. The van der Waals surface area contributed by atoms with Crippen LogP contribution in [0.3, 0.4) is 0 Å². The maximum absolute atomic E-state index is 13.4. The normalized spacial score (nSPS) is 11.7. The molecule has 0 radical (unpaired) electrons. The molecule has 0 saturated heterocycles. The van der Waals surface area contributed by atoms with Crippen LogP contribution in [0, 0.1) is 5.82 Å². The maximum atomic E-state index is 13.4. The molecule has 1 rings (SSSR count). The zero-order valence-electron chi connectivity index (χ0n) is 10.8. The highest BCUT2D eigenvalue weighted by atomic mass is 19.1. The SMILES string of the molecule is CCN(CC(=O)O)C(=O)C(C)Oc1ccccc1F. The van der Waals surface area contributed by atoms with E-state index in [2.05, 4.69) is 0 Å². The van der Waals surface area contributed by atoms with Crippen LogP contribution in [0.5, 0.6) is 5.75 Å². The van der Waals surface area contributed by atoms with Crippen LogP contribution in [-0.2, 0) is 9.59 Å². The molecule has 1 aromatic carbocycles. The second-order valence-electron chi connectivity index (χ2n) is 3.94. The molecule has 0 aliphatic rings. The lowest BCUT2D eigenvalue weighted by molar-refractivity contribution is -0.147. The molecule has 0 bridgehead atoms. The van der Waals surface area contributed by atoms with Gasteiger partial charge in [0, 0.05) is 6.54 Å². The summed E-state index contributed by atoms with van der Waals surface area (Å²) in [6.45, 7) is 2.96. The summed E-state index contributed by atoms with van der Waals surface area (Å²) in [5, 5.41) is 8.68. The molecule has 6 heteroatoms. The molecule has 0 aliphatic heterocycles. The molecule has 19 heavy (non-hydrogen) atoms. The Balaban J connectivity index is 2.71. The number of nitrogens with zero attached hydrogens (tertiary/aromatic N) is 1. The smallest absolute Gasteiger partial charge is 0.323 e. The molecule has 1 unspecified atom stereocenters. The maximum Gasteiger partial charge on any atom is 0.323 e. The lowest BCUT2D eigenvalue weighted by Crippen LogP contribution is -2.43. The molecular formula is C13H16FNO4. The molecule has 104 valence electrons. The standard InChI is InChI=1S/C13H16FNO4/c1-3-15(8-12(16)17)13(18)9(2)19-11-7-5-4-6-10(11)14/h4-7,9H,3,8H2,1-2H3,(H,16,17). The molecule has 1 N–H and O–H groups in total. The van der Waals surface area contributed by atoms with Gasteiger partial charge >= 0.3 is 5.97 Å². The van der Waals surface area contributed by atoms with Crippen molar-refractivity contribution in [3.05, 3.63) is 30.1 Å². The zero-order chi connectivity index (χ0) is 14.4. The summed E-state index contributed by atoms with van der Waals surface area (Å²) in [4.78, 5) is 23.7. The first kappa shape index (κ1) is 14.9. The van der Waals surface area contributed by atoms with Gasteiger partial charge < -0.3 is 14.7 Å². The minimum absolute atomic E-state index is 0.0327. The van der Waals surface area contributed by atoms with Crippen LogP contribution in [0.15, 0.2) is 24.3 Å². The van der Waals surface area contributed by atoms with Crippen LogP contribution in [0.2, 0.25) is 0 Å². The third-order valence-corrected chi connectivity index (χ3v) is 2.51. The number of aliphatic carboxylic acids is 1. The van der Waals surface area contributed by atoms with Gasteiger partial charge in [0.15, 0.2) is 17.7 Å². The molecule has 0 saturated carbocycles. The number of para-hydroxylation sites is 1. The van der Waals surface area contributed by atoms with E-state index in [1.165, 1.54) is 25.1 Å². The van der Waals surface area contributed by atoms with E-state index in [1.807, 2.05) is 0 Å². The molecule has 5 nitrogen and oxygen atoms in total. The molecule has 0 aromatic heterocycles. The Morgan fingerprint density at radius 2 is 2.05 bits per heavy atom. The summed E-state index contributed by atoms with van der Waals surface area (Å²) in [6.07, 6.45) is -0.948. The number of hydrogen-bond donors (Lipinski definition) is 1. The van der Waals surface area contributed by atoms with E-state index in [4.69, 9.17) is 9.84 Å². The Bertz CT molecular complexity index is 464. The van der Waals surface area contributed by atoms with Gasteiger partial charge in [-0.2, -0.15) is 0 Å². The second kappa shape index (κ2) is 6.72. The molecule has 0 aliphatic carbocycles. The summed E-state index contributed by atoms with van der Waals surface area (Å²) in [5.41, 5.74) is 0. The Morgan fingerprint density at radius 1 is 1.42 bits per heavy atom. The number of amides is 1. The molecule has 0 fully saturated rings. The predicted molar refractivity (Wildman–Crippen MR) is 66.4 cm³/mol. The first-order valence-electron chi connectivity index (χ1n) is 5.87. The lowest BCUT2D eigenvalue weighted by Gasteiger charge is -2.23. The highest BCUT2D eigenvalue weighted by Crippen LogP contribution is 2.17. The molecule has 1 amide bonds. The monoisotopic (exact) mass is 269 g/mol. The fourth-order valence-electron chi connectivity index (χ4n) is 1.55.